The van der Waals surface area contributed by atoms with Gasteiger partial charge in [0.1, 0.15) is 0 Å². The summed E-state index contributed by atoms with van der Waals surface area (Å²) in [5, 5.41) is 5.51. The third kappa shape index (κ3) is 60.6. The summed E-state index contributed by atoms with van der Waals surface area (Å²) in [5.41, 5.74) is 2.42. The van der Waals surface area contributed by atoms with E-state index in [-0.39, 0.29) is 133 Å². The average molecular weight is 1880 g/mol. The summed E-state index contributed by atoms with van der Waals surface area (Å²) in [6.07, 6.45) is 7.35. The Labute approximate surface area is 794 Å². The minimum Gasteiger partial charge on any atom is -0.415 e. The highest BCUT2D eigenvalue weighted by Crippen LogP contribution is 2.43. The minimum absolute atomic E-state index is 0. The second-order valence-corrected chi connectivity index (χ2v) is 66.5. The third-order valence-electron chi connectivity index (χ3n) is 23.5. The first-order chi connectivity index (χ1) is 51.8. The number of hydrogen-bond donors (Lipinski definition) is 0. The molecule has 0 N–H and O–H groups in total. The SMILES string of the molecule is C.C.C.C.C.C.C.C.C.C.C.C.CCC(C)(C)OCCO[Si](C(C)C)(C(C)C)C(C)C.CCC(C)(C)OCCO[Si](C)(C)C.CCC(C)(C)OCCO[Si](C)(C)C(C)(C)C.CCC(C)(C)OCCO[Si](C)(c1ccccc1)c1ccccc1.CCC(C)(C)OCCO[Si](c1ccccc1)(c1ccccc1)C(C)(C)C.CCC(C)[Si](C)(C)OCCOC(C)(C)CC. The van der Waals surface area contributed by atoms with E-state index in [2.05, 4.69) is 395 Å². The lowest BCUT2D eigenvalue weighted by Gasteiger charge is -2.43. The molecule has 18 heteroatoms. The van der Waals surface area contributed by atoms with Crippen LogP contribution in [0.25, 0.3) is 0 Å². The van der Waals surface area contributed by atoms with Crippen molar-refractivity contribution in [2.24, 2.45) is 0 Å². The first-order valence-corrected chi connectivity index (χ1v) is 59.5. The molecule has 4 aromatic rings. The third-order valence-corrected chi connectivity index (χ3v) is 47.6. The predicted molar refractivity (Wildman–Crippen MR) is 589 cm³/mol. The molecule has 0 bridgehead atoms. The first kappa shape index (κ1) is 154. The molecule has 0 fully saturated rings. The topological polar surface area (TPSA) is 111 Å². The van der Waals surface area contributed by atoms with Crippen molar-refractivity contribution < 1.29 is 55.0 Å². The van der Waals surface area contributed by atoms with Crippen molar-refractivity contribution in [1.82, 2.24) is 0 Å². The summed E-state index contributed by atoms with van der Waals surface area (Å²) in [6, 6.07) is 42.7. The molecule has 0 amide bonds. The predicted octanol–water partition coefficient (Wildman–Crippen LogP) is 32.9. The van der Waals surface area contributed by atoms with Crippen molar-refractivity contribution in [2.45, 2.75) is 474 Å². The molecule has 0 saturated carbocycles. The fourth-order valence-corrected chi connectivity index (χ4v) is 28.5. The fraction of sp³-hybridized carbons (Fsp3) is 0.776. The molecule has 12 nitrogen and oxygen atoms in total. The van der Waals surface area contributed by atoms with E-state index >= 15 is 0 Å². The van der Waals surface area contributed by atoms with Crippen LogP contribution in [0, 0.1) is 0 Å². The normalized spacial score (nSPS) is 12.2. The smallest absolute Gasteiger partial charge is 0.261 e. The summed E-state index contributed by atoms with van der Waals surface area (Å²) in [7, 11) is -10.8. The largest absolute Gasteiger partial charge is 0.415 e. The van der Waals surface area contributed by atoms with Gasteiger partial charge in [0.15, 0.2) is 33.3 Å². The number of hydrogen-bond acceptors (Lipinski definition) is 12. The highest BCUT2D eigenvalue weighted by atomic mass is 28.4. The number of benzene rings is 4. The van der Waals surface area contributed by atoms with Gasteiger partial charge in [-0.3, -0.25) is 0 Å². The molecule has 0 aliphatic rings. The van der Waals surface area contributed by atoms with Crippen LogP contribution in [-0.4, -0.2) is 163 Å². The van der Waals surface area contributed by atoms with Gasteiger partial charge in [-0.2, -0.15) is 0 Å². The Hall–Kier alpha value is -2.30. The quantitative estimate of drug-likeness (QED) is 0.0310. The lowest BCUT2D eigenvalue weighted by Crippen LogP contribution is -2.66. The van der Waals surface area contributed by atoms with E-state index < -0.39 is 49.9 Å². The molecule has 125 heavy (non-hydrogen) atoms. The molecule has 754 valence electrons. The van der Waals surface area contributed by atoms with Crippen LogP contribution in [0.2, 0.25) is 84.6 Å². The molecule has 0 heterocycles. The van der Waals surface area contributed by atoms with Crippen LogP contribution in [0.5, 0.6) is 0 Å². The van der Waals surface area contributed by atoms with E-state index in [1.807, 2.05) is 0 Å². The minimum atomic E-state index is -2.44. The van der Waals surface area contributed by atoms with Crippen molar-refractivity contribution in [3.8, 4) is 0 Å². The second-order valence-electron chi connectivity index (χ2n) is 39.4. The second kappa shape index (κ2) is 72.2. The average Bonchev–Trinajstić information content (AvgIpc) is 0.747. The summed E-state index contributed by atoms with van der Waals surface area (Å²) in [4.78, 5) is 0. The van der Waals surface area contributed by atoms with Gasteiger partial charge in [0, 0.05) is 0 Å². The summed E-state index contributed by atoms with van der Waals surface area (Å²) in [6.45, 7) is 96.8. The molecule has 0 aliphatic carbocycles. The number of rotatable bonds is 45. The van der Waals surface area contributed by atoms with Crippen molar-refractivity contribution >= 4 is 70.7 Å². The van der Waals surface area contributed by atoms with Gasteiger partial charge >= 0.3 is 0 Å². The van der Waals surface area contributed by atoms with Crippen LogP contribution in [0.4, 0.5) is 0 Å². The van der Waals surface area contributed by atoms with Crippen molar-refractivity contribution in [3.63, 3.8) is 0 Å². The molecule has 0 spiro atoms. The molecule has 1 atom stereocenters. The lowest BCUT2D eigenvalue weighted by atomic mass is 10.1. The first-order valence-electron chi connectivity index (χ1n) is 43.7. The van der Waals surface area contributed by atoms with Crippen LogP contribution in [0.15, 0.2) is 121 Å². The van der Waals surface area contributed by atoms with Crippen molar-refractivity contribution in [2.75, 3.05) is 79.3 Å². The van der Waals surface area contributed by atoms with Gasteiger partial charge in [0.2, 0.25) is 0 Å². The van der Waals surface area contributed by atoms with E-state index in [1.54, 1.807) is 0 Å². The van der Waals surface area contributed by atoms with E-state index in [9.17, 15) is 0 Å². The maximum Gasteiger partial charge on any atom is 0.261 e. The molecule has 0 radical (unpaired) electrons. The van der Waals surface area contributed by atoms with E-state index in [0.717, 1.165) is 65.0 Å². The Morgan fingerprint density at radius 1 is 0.248 bits per heavy atom. The van der Waals surface area contributed by atoms with E-state index in [4.69, 9.17) is 55.0 Å². The highest BCUT2D eigenvalue weighted by molar-refractivity contribution is 6.99. The van der Waals surface area contributed by atoms with Crippen LogP contribution in [0.1, 0.15) is 356 Å². The van der Waals surface area contributed by atoms with Crippen LogP contribution >= 0.6 is 0 Å². The van der Waals surface area contributed by atoms with Gasteiger partial charge < -0.3 is 55.0 Å². The van der Waals surface area contributed by atoms with Crippen molar-refractivity contribution in [1.29, 1.82) is 0 Å². The summed E-state index contributed by atoms with van der Waals surface area (Å²) in [5.74, 6) is 0. The summed E-state index contributed by atoms with van der Waals surface area (Å²) >= 11 is 0. The zero-order valence-electron chi connectivity index (χ0n) is 81.2. The zero-order chi connectivity index (χ0) is 87.7. The number of ether oxygens (including phenoxy) is 6. The van der Waals surface area contributed by atoms with Crippen LogP contribution in [-0.2, 0) is 55.0 Å². The molecule has 1 unspecified atom stereocenters. The summed E-state index contributed by atoms with van der Waals surface area (Å²) < 4.78 is 72.7. The molecule has 4 rings (SSSR count). The van der Waals surface area contributed by atoms with Gasteiger partial charge in [-0.1, -0.05) is 355 Å². The Bertz CT molecular complexity index is 2900. The molecular weight excluding hydrogens is 1650 g/mol. The zero-order valence-corrected chi connectivity index (χ0v) is 87.2. The molecular formula is C107H230O12Si6. The maximum atomic E-state index is 6.82. The maximum absolute atomic E-state index is 6.82. The van der Waals surface area contributed by atoms with Gasteiger partial charge in [0.05, 0.1) is 113 Å². The van der Waals surface area contributed by atoms with Gasteiger partial charge in [-0.25, -0.2) is 0 Å². The standard InChI is InChI=1S/C23H34O2Si.C20H28O2Si.C16H36O2Si.2C13H30O2Si.C10H24O2Si.12CH4/c1-7-23(5,6)24-18-19-25-26(22(2,3)4,20-14-10-8-11-15-20)21-16-12-9-13-17-21;1-5-20(2,3)21-16-17-22-23(4,18-12-8-6-9-13-18)19-14-10-7-11-15-19;1-10-16(8,9)17-11-12-18-19(13(2)3,14(4)5)15(6)7;1-9-13(5,6)14-10-11-15-16(7,8)12(2,3)4;1-8-12(3)16(6,7)15-11-10-14-13(4,5)9-2;1-7-10(2,3)11-8-9-12-13(4,5)6;;;;;;;;;;;;/h8-17H,7,18-19H2,1-6H3;6-15H,5,16-17H2,1-4H3;13-15H,10-12H2,1-9H3;9-11H2,1-8H3;12H,8-11H2,1-7H3;7-9H2,1-6H3;12*1H4. The van der Waals surface area contributed by atoms with E-state index in [0.29, 0.717) is 75.0 Å². The van der Waals surface area contributed by atoms with Gasteiger partial charge in [-0.05, 0) is 227 Å². The highest BCUT2D eigenvalue weighted by Gasteiger charge is 2.50. The molecule has 0 saturated heterocycles. The Kier molecular flexibility index (Phi) is 88.8. The Morgan fingerprint density at radius 3 is 0.680 bits per heavy atom. The molecule has 4 aromatic carbocycles. The monoisotopic (exact) mass is 1880 g/mol. The van der Waals surface area contributed by atoms with Gasteiger partial charge in [0.25, 0.3) is 16.6 Å². The van der Waals surface area contributed by atoms with Crippen molar-refractivity contribution in [3.05, 3.63) is 121 Å². The fourth-order valence-electron chi connectivity index (χ4n) is 12.1. The molecule has 0 aliphatic heterocycles. The van der Waals surface area contributed by atoms with Crippen LogP contribution < -0.4 is 20.7 Å². The Balaban J connectivity index is -0.0000000981. The van der Waals surface area contributed by atoms with E-state index in [1.165, 1.54) is 27.2 Å². The lowest BCUT2D eigenvalue weighted by molar-refractivity contribution is -0.0337. The van der Waals surface area contributed by atoms with Crippen LogP contribution in [0.3, 0.4) is 0 Å². The Morgan fingerprint density at radius 2 is 0.464 bits per heavy atom. The van der Waals surface area contributed by atoms with Gasteiger partial charge in [-0.15, -0.1) is 0 Å². The molecule has 0 aromatic heterocycles.